The van der Waals surface area contributed by atoms with Gasteiger partial charge in [-0.05, 0) is 0 Å². The molecule has 0 fully saturated rings. The highest BCUT2D eigenvalue weighted by atomic mass is 16.5. The van der Waals surface area contributed by atoms with Crippen molar-refractivity contribution >= 4 is 11.9 Å². The zero-order chi connectivity index (χ0) is 10.4. The fraction of sp³-hybridized carbons (Fsp3) is 0.556. The Kier molecular flexibility index (Phi) is 4.60. The van der Waals surface area contributed by atoms with Crippen LogP contribution in [0.2, 0.25) is 0 Å². The molecule has 0 rings (SSSR count). The molecular weight excluding hydrogens is 172 g/mol. The van der Waals surface area contributed by atoms with E-state index in [1.165, 1.54) is 13.8 Å². The van der Waals surface area contributed by atoms with Crippen molar-refractivity contribution in [2.75, 3.05) is 6.61 Å². The summed E-state index contributed by atoms with van der Waals surface area (Å²) in [5.74, 6) is -0.902. The lowest BCUT2D eigenvalue weighted by molar-refractivity contribution is -0.155. The van der Waals surface area contributed by atoms with Crippen molar-refractivity contribution in [1.29, 1.82) is 0 Å². The zero-order valence-corrected chi connectivity index (χ0v) is 7.61. The molecule has 72 valence electrons. The van der Waals surface area contributed by atoms with Gasteiger partial charge in [-0.2, -0.15) is 0 Å². The van der Waals surface area contributed by atoms with E-state index in [2.05, 4.69) is 10.7 Å². The number of carbonyl (C=O) groups excluding carboxylic acids is 1. The third kappa shape index (κ3) is 3.61. The van der Waals surface area contributed by atoms with Crippen LogP contribution in [0.1, 0.15) is 13.8 Å². The largest absolute Gasteiger partial charge is 0.481 e. The highest BCUT2D eigenvalue weighted by molar-refractivity contribution is 5.80. The molecule has 0 aromatic rings. The minimum Gasteiger partial charge on any atom is -0.481 e. The third-order valence-electron chi connectivity index (χ3n) is 1.81. The van der Waals surface area contributed by atoms with Crippen LogP contribution in [0.4, 0.5) is 0 Å². The Balaban J connectivity index is 4.11. The molecule has 13 heavy (non-hydrogen) atoms. The Labute approximate surface area is 76.9 Å². The number of esters is 1. The molecule has 0 heterocycles. The number of hydrogen-bond acceptors (Lipinski definition) is 3. The summed E-state index contributed by atoms with van der Waals surface area (Å²) in [6.45, 7) is 2.83. The fourth-order valence-electron chi connectivity index (χ4n) is 0.662. The first-order valence-corrected chi connectivity index (χ1v) is 3.83. The molecule has 4 heteroatoms. The maximum atomic E-state index is 11.1. The quantitative estimate of drug-likeness (QED) is 0.511. The molecule has 2 unspecified atom stereocenters. The maximum absolute atomic E-state index is 11.1. The number of rotatable bonds is 4. The van der Waals surface area contributed by atoms with Crippen LogP contribution in [0.15, 0.2) is 0 Å². The average molecular weight is 184 g/mol. The number of carbonyl (C=O) groups is 2. The van der Waals surface area contributed by atoms with Crippen molar-refractivity contribution in [1.82, 2.24) is 0 Å². The van der Waals surface area contributed by atoms with Crippen LogP contribution in [0.5, 0.6) is 0 Å². The van der Waals surface area contributed by atoms with Gasteiger partial charge in [-0.1, -0.05) is 19.8 Å². The molecule has 2 atom stereocenters. The Morgan fingerprint density at radius 1 is 1.46 bits per heavy atom. The maximum Gasteiger partial charge on any atom is 0.310 e. The van der Waals surface area contributed by atoms with Crippen LogP contribution >= 0.6 is 0 Å². The molecule has 0 aromatic heterocycles. The Hall–Kier alpha value is -1.50. The summed E-state index contributed by atoms with van der Waals surface area (Å²) in [6, 6.07) is 0. The van der Waals surface area contributed by atoms with E-state index in [0.29, 0.717) is 0 Å². The molecule has 0 amide bonds. The second-order valence-corrected chi connectivity index (χ2v) is 2.73. The smallest absolute Gasteiger partial charge is 0.310 e. The summed E-state index contributed by atoms with van der Waals surface area (Å²) in [6.07, 6.45) is 4.87. The van der Waals surface area contributed by atoms with Gasteiger partial charge in [-0.25, -0.2) is 0 Å². The highest BCUT2D eigenvalue weighted by Crippen LogP contribution is 2.12. The van der Waals surface area contributed by atoms with Crippen molar-refractivity contribution < 1.29 is 19.4 Å². The average Bonchev–Trinajstić information content (AvgIpc) is 2.11. The Morgan fingerprint density at radius 3 is 2.38 bits per heavy atom. The molecule has 0 aliphatic carbocycles. The van der Waals surface area contributed by atoms with E-state index in [0.717, 1.165) is 0 Å². The molecule has 0 aliphatic heterocycles. The van der Waals surface area contributed by atoms with Gasteiger partial charge in [0.2, 0.25) is 0 Å². The molecule has 1 N–H and O–H groups in total. The van der Waals surface area contributed by atoms with Crippen LogP contribution in [0, 0.1) is 24.2 Å². The summed E-state index contributed by atoms with van der Waals surface area (Å²) in [5, 5.41) is 8.58. The van der Waals surface area contributed by atoms with Gasteiger partial charge in [0.15, 0.2) is 6.61 Å². The molecule has 0 saturated carbocycles. The first-order chi connectivity index (χ1) is 6.00. The van der Waals surface area contributed by atoms with Crippen LogP contribution in [0.25, 0.3) is 0 Å². The Bertz CT molecular complexity index is 238. The van der Waals surface area contributed by atoms with Crippen LogP contribution in [-0.2, 0) is 14.3 Å². The van der Waals surface area contributed by atoms with Gasteiger partial charge in [0.05, 0.1) is 11.8 Å². The third-order valence-corrected chi connectivity index (χ3v) is 1.81. The second kappa shape index (κ2) is 5.20. The standard InChI is InChI=1S/C9H12O4/c1-4-5-13-9(12)7(3)6(2)8(10)11/h1,6-7H,5H2,2-3H3,(H,10,11). The van der Waals surface area contributed by atoms with Crippen LogP contribution in [0.3, 0.4) is 0 Å². The van der Waals surface area contributed by atoms with Crippen molar-refractivity contribution in [3.63, 3.8) is 0 Å². The van der Waals surface area contributed by atoms with Gasteiger partial charge in [-0.15, -0.1) is 6.42 Å². The summed E-state index contributed by atoms with van der Waals surface area (Å²) in [5.41, 5.74) is 0. The minimum atomic E-state index is -1.02. The molecule has 0 saturated heterocycles. The van der Waals surface area contributed by atoms with Gasteiger partial charge < -0.3 is 9.84 Å². The summed E-state index contributed by atoms with van der Waals surface area (Å²) in [7, 11) is 0. The van der Waals surface area contributed by atoms with E-state index in [4.69, 9.17) is 11.5 Å². The van der Waals surface area contributed by atoms with Crippen molar-refractivity contribution in [3.05, 3.63) is 0 Å². The SMILES string of the molecule is C#CCOC(=O)C(C)C(C)C(=O)O. The molecule has 0 bridgehead atoms. The summed E-state index contributed by atoms with van der Waals surface area (Å²) >= 11 is 0. The van der Waals surface area contributed by atoms with Gasteiger partial charge in [0, 0.05) is 0 Å². The number of terminal acetylenes is 1. The minimum absolute atomic E-state index is 0.116. The predicted molar refractivity (Wildman–Crippen MR) is 45.8 cm³/mol. The van der Waals surface area contributed by atoms with Gasteiger partial charge in [0.25, 0.3) is 0 Å². The first-order valence-electron chi connectivity index (χ1n) is 3.83. The number of carboxylic acids is 1. The molecular formula is C9H12O4. The second-order valence-electron chi connectivity index (χ2n) is 2.73. The molecule has 0 aromatic carbocycles. The zero-order valence-electron chi connectivity index (χ0n) is 7.61. The molecule has 0 spiro atoms. The predicted octanol–water partition coefficient (Wildman–Crippen LogP) is 0.520. The van der Waals surface area contributed by atoms with Crippen molar-refractivity contribution in [2.24, 2.45) is 11.8 Å². The van der Waals surface area contributed by atoms with E-state index in [1.54, 1.807) is 0 Å². The van der Waals surface area contributed by atoms with E-state index >= 15 is 0 Å². The lowest BCUT2D eigenvalue weighted by Gasteiger charge is -2.13. The van der Waals surface area contributed by atoms with Gasteiger partial charge in [0.1, 0.15) is 0 Å². The number of ether oxygens (including phenoxy) is 1. The van der Waals surface area contributed by atoms with Crippen LogP contribution < -0.4 is 0 Å². The van der Waals surface area contributed by atoms with E-state index in [1.807, 2.05) is 0 Å². The monoisotopic (exact) mass is 184 g/mol. The number of carboxylic acid groups (broad SMARTS) is 1. The lowest BCUT2D eigenvalue weighted by Crippen LogP contribution is -2.26. The number of aliphatic carboxylic acids is 1. The lowest BCUT2D eigenvalue weighted by atomic mass is 9.96. The Morgan fingerprint density at radius 2 is 2.00 bits per heavy atom. The first kappa shape index (κ1) is 11.5. The highest BCUT2D eigenvalue weighted by Gasteiger charge is 2.26. The fourth-order valence-corrected chi connectivity index (χ4v) is 0.662. The molecule has 0 radical (unpaired) electrons. The van der Waals surface area contributed by atoms with Gasteiger partial charge in [-0.3, -0.25) is 9.59 Å². The van der Waals surface area contributed by atoms with E-state index < -0.39 is 23.8 Å². The van der Waals surface area contributed by atoms with Crippen molar-refractivity contribution in [3.8, 4) is 12.3 Å². The van der Waals surface area contributed by atoms with E-state index in [-0.39, 0.29) is 6.61 Å². The molecule has 0 aliphatic rings. The molecule has 4 nitrogen and oxygen atoms in total. The topological polar surface area (TPSA) is 63.6 Å². The van der Waals surface area contributed by atoms with E-state index in [9.17, 15) is 9.59 Å². The number of hydrogen-bond donors (Lipinski definition) is 1. The summed E-state index contributed by atoms with van der Waals surface area (Å²) < 4.78 is 4.59. The van der Waals surface area contributed by atoms with Gasteiger partial charge >= 0.3 is 11.9 Å². The van der Waals surface area contributed by atoms with Crippen LogP contribution in [-0.4, -0.2) is 23.7 Å². The van der Waals surface area contributed by atoms with Crippen molar-refractivity contribution in [2.45, 2.75) is 13.8 Å². The normalized spacial score (nSPS) is 13.9. The summed E-state index contributed by atoms with van der Waals surface area (Å²) in [4.78, 5) is 21.5.